The van der Waals surface area contributed by atoms with Crippen LogP contribution >= 0.6 is 0 Å². The Hall–Kier alpha value is -1.79. The maximum Gasteiger partial charge on any atom is 0.421 e. The van der Waals surface area contributed by atoms with E-state index >= 15 is 0 Å². The molecule has 9 heteroatoms. The van der Waals surface area contributed by atoms with Crippen molar-refractivity contribution in [2.24, 2.45) is 0 Å². The van der Waals surface area contributed by atoms with E-state index in [4.69, 9.17) is 11.5 Å². The van der Waals surface area contributed by atoms with E-state index in [0.29, 0.717) is 0 Å². The van der Waals surface area contributed by atoms with E-state index in [9.17, 15) is 18.0 Å². The van der Waals surface area contributed by atoms with Gasteiger partial charge in [0.2, 0.25) is 0 Å². The first-order valence-corrected chi connectivity index (χ1v) is 5.35. The summed E-state index contributed by atoms with van der Waals surface area (Å²) in [6.07, 6.45) is 3.26. The van der Waals surface area contributed by atoms with Crippen LogP contribution in [0, 0.1) is 12.3 Å². The van der Waals surface area contributed by atoms with Gasteiger partial charge in [-0.3, -0.25) is 4.79 Å². The van der Waals surface area contributed by atoms with Gasteiger partial charge in [0.15, 0.2) is 0 Å². The summed E-state index contributed by atoms with van der Waals surface area (Å²) in [4.78, 5) is 21.2. The number of nitrogens with one attached hydrogen (secondary N) is 2. The highest BCUT2D eigenvalue weighted by atomic mass is 32.2. The van der Waals surface area contributed by atoms with Gasteiger partial charge in [-0.1, -0.05) is 0 Å². The first-order valence-electron chi connectivity index (χ1n) is 3.86. The number of hydrogen-bond acceptors (Lipinski definition) is 5. The number of rotatable bonds is 5. The highest BCUT2D eigenvalue weighted by Gasteiger charge is 2.24. The number of methoxy groups -OCH3 is 1. The van der Waals surface area contributed by atoms with Crippen molar-refractivity contribution in [3.8, 4) is 12.3 Å². The average molecular weight is 250 g/mol. The summed E-state index contributed by atoms with van der Waals surface area (Å²) in [5.41, 5.74) is 0. The van der Waals surface area contributed by atoms with Crippen LogP contribution in [0.25, 0.3) is 0 Å². The van der Waals surface area contributed by atoms with Gasteiger partial charge in [0, 0.05) is 6.42 Å². The molecule has 1 atom stereocenters. The van der Waals surface area contributed by atoms with Crippen molar-refractivity contribution in [2.75, 3.05) is 7.11 Å². The largest absolute Gasteiger partial charge is 0.480 e. The molecule has 0 aliphatic heterocycles. The van der Waals surface area contributed by atoms with Crippen molar-refractivity contribution >= 4 is 22.3 Å². The Labute approximate surface area is 92.2 Å². The predicted molar refractivity (Wildman–Crippen MR) is 52.5 cm³/mol. The highest BCUT2D eigenvalue weighted by Crippen LogP contribution is 1.93. The van der Waals surface area contributed by atoms with Gasteiger partial charge in [-0.15, -0.1) is 12.3 Å². The first-order chi connectivity index (χ1) is 7.32. The number of carboxylic acids is 1. The van der Waals surface area contributed by atoms with E-state index in [-0.39, 0.29) is 6.42 Å². The standard InChI is InChI=1S/C7H10N2O6S/c1-3-4-5(6(10)11)8-16(13,14)9-7(12)15-2/h1,5,8H,4H2,2H3,(H,9,12)(H,10,11). The molecule has 90 valence electrons. The number of terminal acetylenes is 1. The third-order valence-electron chi connectivity index (χ3n) is 1.32. The van der Waals surface area contributed by atoms with E-state index < -0.39 is 28.3 Å². The van der Waals surface area contributed by atoms with Crippen LogP contribution in [0.2, 0.25) is 0 Å². The number of carboxylic acid groups (broad SMARTS) is 1. The van der Waals surface area contributed by atoms with Gasteiger partial charge in [0.05, 0.1) is 7.11 Å². The molecule has 0 aliphatic rings. The Balaban J connectivity index is 4.62. The molecule has 0 aromatic rings. The molecule has 0 rings (SSSR count). The van der Waals surface area contributed by atoms with Crippen LogP contribution in [-0.2, 0) is 19.7 Å². The van der Waals surface area contributed by atoms with Crippen molar-refractivity contribution < 1.29 is 27.9 Å². The number of aliphatic carboxylic acids is 1. The lowest BCUT2D eigenvalue weighted by Gasteiger charge is -2.12. The number of hydrogen-bond donors (Lipinski definition) is 3. The lowest BCUT2D eigenvalue weighted by Crippen LogP contribution is -2.47. The van der Waals surface area contributed by atoms with Gasteiger partial charge < -0.3 is 9.84 Å². The molecule has 0 fully saturated rings. The van der Waals surface area contributed by atoms with Crippen molar-refractivity contribution in [3.63, 3.8) is 0 Å². The lowest BCUT2D eigenvalue weighted by molar-refractivity contribution is -0.138. The van der Waals surface area contributed by atoms with Crippen LogP contribution in [0.15, 0.2) is 0 Å². The molecule has 1 amide bonds. The third-order valence-corrected chi connectivity index (χ3v) is 2.35. The molecule has 0 saturated heterocycles. The van der Waals surface area contributed by atoms with Gasteiger partial charge in [-0.25, -0.2) is 9.52 Å². The molecular formula is C7H10N2O6S. The van der Waals surface area contributed by atoms with Gasteiger partial charge in [-0.05, 0) is 0 Å². The first kappa shape index (κ1) is 14.2. The van der Waals surface area contributed by atoms with Crippen LogP contribution < -0.4 is 9.44 Å². The molecule has 8 nitrogen and oxygen atoms in total. The summed E-state index contributed by atoms with van der Waals surface area (Å²) in [7, 11) is -3.35. The molecule has 0 aromatic heterocycles. The maximum atomic E-state index is 11.1. The van der Waals surface area contributed by atoms with Crippen LogP contribution in [0.3, 0.4) is 0 Å². The number of carbonyl (C=O) groups is 2. The van der Waals surface area contributed by atoms with Crippen LogP contribution in [-0.4, -0.2) is 38.7 Å². The zero-order valence-corrected chi connectivity index (χ0v) is 9.08. The molecule has 0 radical (unpaired) electrons. The van der Waals surface area contributed by atoms with Crippen LogP contribution in [0.5, 0.6) is 0 Å². The summed E-state index contributed by atoms with van der Waals surface area (Å²) in [5, 5.41) is 8.59. The summed E-state index contributed by atoms with van der Waals surface area (Å²) in [6.45, 7) is 0. The predicted octanol–water partition coefficient (Wildman–Crippen LogP) is -1.35. The van der Waals surface area contributed by atoms with E-state index in [2.05, 4.69) is 4.74 Å². The highest BCUT2D eigenvalue weighted by molar-refractivity contribution is 7.88. The monoisotopic (exact) mass is 250 g/mol. The molecule has 0 heterocycles. The summed E-state index contributed by atoms with van der Waals surface area (Å²) >= 11 is 0. The number of amides is 1. The smallest absolute Gasteiger partial charge is 0.421 e. The SMILES string of the molecule is C#CCC(NS(=O)(=O)NC(=O)OC)C(=O)O. The molecule has 0 saturated carbocycles. The van der Waals surface area contributed by atoms with Gasteiger partial charge in [0.1, 0.15) is 6.04 Å². The molecule has 0 aromatic carbocycles. The Morgan fingerprint density at radius 3 is 2.50 bits per heavy atom. The van der Waals surface area contributed by atoms with Gasteiger partial charge >= 0.3 is 22.3 Å². The van der Waals surface area contributed by atoms with E-state index in [1.54, 1.807) is 4.72 Å². The zero-order valence-electron chi connectivity index (χ0n) is 8.26. The third kappa shape index (κ3) is 5.18. The van der Waals surface area contributed by atoms with Crippen LogP contribution in [0.4, 0.5) is 4.79 Å². The number of ether oxygens (including phenoxy) is 1. The zero-order chi connectivity index (χ0) is 12.8. The van der Waals surface area contributed by atoms with Crippen molar-refractivity contribution in [1.29, 1.82) is 0 Å². The Morgan fingerprint density at radius 2 is 2.12 bits per heavy atom. The van der Waals surface area contributed by atoms with Crippen molar-refractivity contribution in [3.05, 3.63) is 0 Å². The quantitative estimate of drug-likeness (QED) is 0.519. The molecule has 3 N–H and O–H groups in total. The van der Waals surface area contributed by atoms with E-state index in [0.717, 1.165) is 7.11 Å². The molecule has 0 aliphatic carbocycles. The summed E-state index contributed by atoms with van der Waals surface area (Å²) < 4.78 is 29.4. The molecule has 16 heavy (non-hydrogen) atoms. The minimum absolute atomic E-state index is 0.350. The number of carbonyl (C=O) groups excluding carboxylic acids is 1. The Bertz CT molecular complexity index is 409. The second kappa shape index (κ2) is 5.94. The van der Waals surface area contributed by atoms with Gasteiger partial charge in [0.25, 0.3) is 0 Å². The summed E-state index contributed by atoms with van der Waals surface area (Å²) in [5.74, 6) is 0.537. The Kier molecular flexibility index (Phi) is 5.27. The lowest BCUT2D eigenvalue weighted by atomic mass is 10.2. The van der Waals surface area contributed by atoms with Crippen molar-refractivity contribution in [2.45, 2.75) is 12.5 Å². The second-order valence-corrected chi connectivity index (χ2v) is 3.96. The fourth-order valence-corrected chi connectivity index (χ4v) is 1.59. The second-order valence-electron chi connectivity index (χ2n) is 2.51. The summed E-state index contributed by atoms with van der Waals surface area (Å²) in [6, 6.07) is -1.51. The minimum Gasteiger partial charge on any atom is -0.480 e. The maximum absolute atomic E-state index is 11.1. The molecule has 1 unspecified atom stereocenters. The van der Waals surface area contributed by atoms with Crippen molar-refractivity contribution in [1.82, 2.24) is 9.44 Å². The normalized spacial score (nSPS) is 12.2. The minimum atomic E-state index is -4.31. The molecular weight excluding hydrogens is 240 g/mol. The van der Waals surface area contributed by atoms with E-state index in [1.165, 1.54) is 4.72 Å². The van der Waals surface area contributed by atoms with Gasteiger partial charge in [-0.2, -0.15) is 13.1 Å². The van der Waals surface area contributed by atoms with Crippen LogP contribution in [0.1, 0.15) is 6.42 Å². The Morgan fingerprint density at radius 1 is 1.56 bits per heavy atom. The topological polar surface area (TPSA) is 122 Å². The molecule has 0 spiro atoms. The fourth-order valence-electron chi connectivity index (χ4n) is 0.665. The fraction of sp³-hybridized carbons (Fsp3) is 0.429. The molecule has 0 bridgehead atoms. The van der Waals surface area contributed by atoms with E-state index in [1.807, 2.05) is 5.92 Å². The average Bonchev–Trinajstić information content (AvgIpc) is 2.15.